The highest BCUT2D eigenvalue weighted by atomic mass is 16.5. The molecule has 116 valence electrons. The standard InChI is InChI=1S/C16H24N2O3/c1-5-18(12-15-17-11-14(13-19)21-15)10-8-6-7-9-16(2,3)20-4/h6,8,11,19H,5,10,12-13H2,1-4H3/b8-6+. The van der Waals surface area contributed by atoms with Crippen molar-refractivity contribution in [2.24, 2.45) is 0 Å². The number of oxazole rings is 1. The van der Waals surface area contributed by atoms with Crippen LogP contribution >= 0.6 is 0 Å². The Bertz CT molecular complexity index is 509. The minimum absolute atomic E-state index is 0.121. The average molecular weight is 292 g/mol. The average Bonchev–Trinajstić information content (AvgIpc) is 2.93. The van der Waals surface area contributed by atoms with Crippen LogP contribution in [0.1, 0.15) is 32.4 Å². The van der Waals surface area contributed by atoms with Crippen molar-refractivity contribution in [3.05, 3.63) is 30.0 Å². The van der Waals surface area contributed by atoms with Gasteiger partial charge in [-0.1, -0.05) is 24.8 Å². The summed E-state index contributed by atoms with van der Waals surface area (Å²) in [6.45, 7) is 8.04. The minimum Gasteiger partial charge on any atom is -0.442 e. The summed E-state index contributed by atoms with van der Waals surface area (Å²) in [6.07, 6.45) is 5.38. The lowest BCUT2D eigenvalue weighted by Gasteiger charge is -2.15. The van der Waals surface area contributed by atoms with Gasteiger partial charge in [0, 0.05) is 13.7 Å². The van der Waals surface area contributed by atoms with Gasteiger partial charge in [0.1, 0.15) is 18.0 Å². The molecule has 0 bridgehead atoms. The highest BCUT2D eigenvalue weighted by Gasteiger charge is 2.10. The fourth-order valence-corrected chi connectivity index (χ4v) is 1.52. The second kappa shape index (κ2) is 8.63. The molecule has 0 aliphatic rings. The molecule has 0 saturated heterocycles. The van der Waals surface area contributed by atoms with E-state index in [4.69, 9.17) is 14.3 Å². The van der Waals surface area contributed by atoms with Gasteiger partial charge in [-0.2, -0.15) is 0 Å². The van der Waals surface area contributed by atoms with Crippen LogP contribution in [0.2, 0.25) is 0 Å². The van der Waals surface area contributed by atoms with Crippen molar-refractivity contribution in [1.29, 1.82) is 0 Å². The SMILES string of the molecule is CCN(C/C=C/C#CC(C)(C)OC)Cc1ncc(CO)o1. The predicted molar refractivity (Wildman–Crippen MR) is 81.4 cm³/mol. The quantitative estimate of drug-likeness (QED) is 0.779. The van der Waals surface area contributed by atoms with E-state index < -0.39 is 5.60 Å². The molecule has 1 heterocycles. The van der Waals surface area contributed by atoms with E-state index in [0.29, 0.717) is 18.2 Å². The van der Waals surface area contributed by atoms with E-state index in [9.17, 15) is 0 Å². The first-order valence-corrected chi connectivity index (χ1v) is 7.00. The lowest BCUT2D eigenvalue weighted by molar-refractivity contribution is 0.0742. The zero-order chi connectivity index (χ0) is 15.7. The topological polar surface area (TPSA) is 58.7 Å². The number of allylic oxidation sites excluding steroid dienone is 1. The molecular formula is C16H24N2O3. The smallest absolute Gasteiger partial charge is 0.208 e. The van der Waals surface area contributed by atoms with Crippen LogP contribution in [0.4, 0.5) is 0 Å². The Morgan fingerprint density at radius 1 is 1.52 bits per heavy atom. The summed E-state index contributed by atoms with van der Waals surface area (Å²) in [5.74, 6) is 7.11. The summed E-state index contributed by atoms with van der Waals surface area (Å²) >= 11 is 0. The Kier molecular flexibility index (Phi) is 7.17. The number of aromatic nitrogens is 1. The van der Waals surface area contributed by atoms with Gasteiger partial charge in [-0.15, -0.1) is 0 Å². The van der Waals surface area contributed by atoms with Gasteiger partial charge in [0.15, 0.2) is 0 Å². The van der Waals surface area contributed by atoms with E-state index in [-0.39, 0.29) is 6.61 Å². The van der Waals surface area contributed by atoms with Gasteiger partial charge in [0.25, 0.3) is 0 Å². The van der Waals surface area contributed by atoms with Crippen molar-refractivity contribution in [3.63, 3.8) is 0 Å². The molecule has 5 nitrogen and oxygen atoms in total. The van der Waals surface area contributed by atoms with Crippen LogP contribution in [0.5, 0.6) is 0 Å². The van der Waals surface area contributed by atoms with Crippen LogP contribution < -0.4 is 0 Å². The number of hydrogen-bond donors (Lipinski definition) is 1. The van der Waals surface area contributed by atoms with Crippen molar-refractivity contribution in [3.8, 4) is 11.8 Å². The Morgan fingerprint density at radius 2 is 2.29 bits per heavy atom. The van der Waals surface area contributed by atoms with Crippen molar-refractivity contribution in [1.82, 2.24) is 9.88 Å². The first-order chi connectivity index (χ1) is 10.0. The summed E-state index contributed by atoms with van der Waals surface area (Å²) in [4.78, 5) is 6.28. The molecule has 1 aromatic rings. The molecule has 0 aliphatic carbocycles. The summed E-state index contributed by atoms with van der Waals surface area (Å²) in [6, 6.07) is 0. The molecule has 0 unspecified atom stereocenters. The highest BCUT2D eigenvalue weighted by molar-refractivity contribution is 5.21. The Hall–Kier alpha value is -1.61. The van der Waals surface area contributed by atoms with Crippen molar-refractivity contribution >= 4 is 0 Å². The van der Waals surface area contributed by atoms with Crippen LogP contribution in [-0.4, -0.2) is 40.8 Å². The zero-order valence-corrected chi connectivity index (χ0v) is 13.2. The third-order valence-electron chi connectivity index (χ3n) is 3.01. The Morgan fingerprint density at radius 3 is 2.86 bits per heavy atom. The molecule has 0 atom stereocenters. The summed E-state index contributed by atoms with van der Waals surface area (Å²) < 4.78 is 10.6. The van der Waals surface area contributed by atoms with Crippen LogP contribution in [0, 0.1) is 11.8 Å². The summed E-state index contributed by atoms with van der Waals surface area (Å²) in [5.41, 5.74) is -0.423. The van der Waals surface area contributed by atoms with E-state index in [1.165, 1.54) is 0 Å². The van der Waals surface area contributed by atoms with E-state index in [0.717, 1.165) is 13.1 Å². The van der Waals surface area contributed by atoms with Crippen molar-refractivity contribution in [2.45, 2.75) is 39.5 Å². The number of aliphatic hydroxyl groups excluding tert-OH is 1. The fraction of sp³-hybridized carbons (Fsp3) is 0.562. The Labute approximate surface area is 126 Å². The molecule has 1 aromatic heterocycles. The molecule has 1 N–H and O–H groups in total. The van der Waals surface area contributed by atoms with Gasteiger partial charge in [-0.25, -0.2) is 4.98 Å². The maximum absolute atomic E-state index is 8.94. The molecule has 0 amide bonds. The lowest BCUT2D eigenvalue weighted by Crippen LogP contribution is -2.23. The molecule has 21 heavy (non-hydrogen) atoms. The number of rotatable bonds is 7. The van der Waals surface area contributed by atoms with Gasteiger partial charge in [0.2, 0.25) is 5.89 Å². The van der Waals surface area contributed by atoms with Crippen LogP contribution in [0.3, 0.4) is 0 Å². The normalized spacial score (nSPS) is 11.9. The second-order valence-electron chi connectivity index (χ2n) is 5.09. The number of methoxy groups -OCH3 is 1. The molecule has 0 saturated carbocycles. The third-order valence-corrected chi connectivity index (χ3v) is 3.01. The molecule has 0 radical (unpaired) electrons. The molecule has 0 spiro atoms. The van der Waals surface area contributed by atoms with Crippen LogP contribution in [-0.2, 0) is 17.9 Å². The van der Waals surface area contributed by atoms with Gasteiger partial charge in [-0.3, -0.25) is 4.90 Å². The fourth-order valence-electron chi connectivity index (χ4n) is 1.52. The Balaban J connectivity index is 2.47. The van der Waals surface area contributed by atoms with Gasteiger partial charge in [-0.05, 0) is 26.5 Å². The van der Waals surface area contributed by atoms with Gasteiger partial charge >= 0.3 is 0 Å². The first kappa shape index (κ1) is 17.4. The van der Waals surface area contributed by atoms with E-state index >= 15 is 0 Å². The van der Waals surface area contributed by atoms with Crippen molar-refractivity contribution < 1.29 is 14.3 Å². The van der Waals surface area contributed by atoms with E-state index in [1.807, 2.05) is 26.0 Å². The first-order valence-electron chi connectivity index (χ1n) is 7.00. The molecule has 5 heteroatoms. The summed E-state index contributed by atoms with van der Waals surface area (Å²) in [5, 5.41) is 8.94. The zero-order valence-electron chi connectivity index (χ0n) is 13.2. The van der Waals surface area contributed by atoms with Crippen molar-refractivity contribution in [2.75, 3.05) is 20.2 Å². The largest absolute Gasteiger partial charge is 0.442 e. The number of nitrogens with zero attached hydrogens (tertiary/aromatic N) is 2. The molecular weight excluding hydrogens is 268 g/mol. The van der Waals surface area contributed by atoms with Crippen LogP contribution in [0.15, 0.2) is 22.8 Å². The summed E-state index contributed by atoms with van der Waals surface area (Å²) in [7, 11) is 1.65. The second-order valence-corrected chi connectivity index (χ2v) is 5.09. The van der Waals surface area contributed by atoms with Gasteiger partial charge in [0.05, 0.1) is 12.7 Å². The monoisotopic (exact) mass is 292 g/mol. The van der Waals surface area contributed by atoms with E-state index in [2.05, 4.69) is 28.6 Å². The molecule has 0 aliphatic heterocycles. The minimum atomic E-state index is -0.423. The van der Waals surface area contributed by atoms with Crippen LogP contribution in [0.25, 0.3) is 0 Å². The van der Waals surface area contributed by atoms with E-state index in [1.54, 1.807) is 13.3 Å². The number of aliphatic hydroxyl groups is 1. The van der Waals surface area contributed by atoms with Gasteiger partial charge < -0.3 is 14.3 Å². The maximum atomic E-state index is 8.94. The molecule has 0 aromatic carbocycles. The highest BCUT2D eigenvalue weighted by Crippen LogP contribution is 2.07. The lowest BCUT2D eigenvalue weighted by atomic mass is 10.1. The number of likely N-dealkylation sites (N-methyl/N-ethyl adjacent to an activating group) is 1. The molecule has 1 rings (SSSR count). The molecule has 0 fully saturated rings. The maximum Gasteiger partial charge on any atom is 0.208 e. The number of ether oxygens (including phenoxy) is 1. The predicted octanol–water partition coefficient (Wildman–Crippen LogP) is 1.97. The number of hydrogen-bond acceptors (Lipinski definition) is 5. The third kappa shape index (κ3) is 6.58.